The summed E-state index contributed by atoms with van der Waals surface area (Å²) in [7, 11) is 1.60. The summed E-state index contributed by atoms with van der Waals surface area (Å²) in [6, 6.07) is 5.66. The number of carbonyl (C=O) groups excluding carboxylic acids is 1. The second kappa shape index (κ2) is 7.19. The standard InChI is InChI=1S/C17H24N2O4/c1-12-3-4-15(21-2)14(11-12)18-17(20)19-7-5-13(6-8-19)16-22-9-10-23-16/h3-4,11,13,16H,5-10H2,1-2H3,(H,18,20). The van der Waals surface area contributed by atoms with Crippen LogP contribution in [0.5, 0.6) is 5.75 Å². The van der Waals surface area contributed by atoms with Crippen LogP contribution in [0, 0.1) is 12.8 Å². The minimum absolute atomic E-state index is 0.0828. The zero-order valence-corrected chi connectivity index (χ0v) is 13.7. The van der Waals surface area contributed by atoms with Crippen molar-refractivity contribution >= 4 is 11.7 Å². The highest BCUT2D eigenvalue weighted by Gasteiger charge is 2.31. The number of carbonyl (C=O) groups is 1. The van der Waals surface area contributed by atoms with E-state index in [9.17, 15) is 4.79 Å². The molecule has 126 valence electrons. The fraction of sp³-hybridized carbons (Fsp3) is 0.588. The molecule has 0 saturated carbocycles. The van der Waals surface area contributed by atoms with Crippen LogP contribution >= 0.6 is 0 Å². The van der Waals surface area contributed by atoms with Crippen LogP contribution in [0.25, 0.3) is 0 Å². The van der Waals surface area contributed by atoms with Crippen molar-refractivity contribution in [3.8, 4) is 5.75 Å². The van der Waals surface area contributed by atoms with Gasteiger partial charge >= 0.3 is 6.03 Å². The summed E-state index contributed by atoms with van der Waals surface area (Å²) in [6.45, 7) is 4.78. The number of nitrogens with zero attached hydrogens (tertiary/aromatic N) is 1. The molecule has 0 bridgehead atoms. The fourth-order valence-electron chi connectivity index (χ4n) is 3.14. The number of nitrogens with one attached hydrogen (secondary N) is 1. The Bertz CT molecular complexity index is 550. The molecule has 2 amide bonds. The third-order valence-electron chi connectivity index (χ3n) is 4.46. The molecule has 2 heterocycles. The van der Waals surface area contributed by atoms with Crippen LogP contribution < -0.4 is 10.1 Å². The second-order valence-corrected chi connectivity index (χ2v) is 6.07. The lowest BCUT2D eigenvalue weighted by atomic mass is 9.96. The fourth-order valence-corrected chi connectivity index (χ4v) is 3.14. The molecule has 23 heavy (non-hydrogen) atoms. The SMILES string of the molecule is COc1ccc(C)cc1NC(=O)N1CCC(C2OCCO2)CC1. The van der Waals surface area contributed by atoms with Gasteiger partial charge in [0.25, 0.3) is 0 Å². The molecule has 1 aromatic rings. The number of rotatable bonds is 3. The molecule has 2 fully saturated rings. The average molecular weight is 320 g/mol. The molecule has 0 spiro atoms. The highest BCUT2D eigenvalue weighted by Crippen LogP contribution is 2.28. The van der Waals surface area contributed by atoms with E-state index in [1.54, 1.807) is 7.11 Å². The molecule has 2 saturated heterocycles. The van der Waals surface area contributed by atoms with E-state index in [4.69, 9.17) is 14.2 Å². The lowest BCUT2D eigenvalue weighted by molar-refractivity contribution is -0.0950. The molecule has 1 aromatic carbocycles. The van der Waals surface area contributed by atoms with Crippen LogP contribution in [0.2, 0.25) is 0 Å². The summed E-state index contributed by atoms with van der Waals surface area (Å²) in [5, 5.41) is 2.96. The first-order chi connectivity index (χ1) is 11.2. The van der Waals surface area contributed by atoms with Gasteiger partial charge in [-0.15, -0.1) is 0 Å². The van der Waals surface area contributed by atoms with Gasteiger partial charge in [-0.05, 0) is 37.5 Å². The number of amides is 2. The Kier molecular flexibility index (Phi) is 5.03. The molecule has 6 nitrogen and oxygen atoms in total. The van der Waals surface area contributed by atoms with Crippen LogP contribution in [-0.4, -0.2) is 50.6 Å². The number of piperidine rings is 1. The lowest BCUT2D eigenvalue weighted by Gasteiger charge is -2.33. The van der Waals surface area contributed by atoms with Crippen molar-refractivity contribution in [3.63, 3.8) is 0 Å². The van der Waals surface area contributed by atoms with Gasteiger partial charge < -0.3 is 24.4 Å². The molecule has 0 atom stereocenters. The summed E-state index contributed by atoms with van der Waals surface area (Å²) >= 11 is 0. The Morgan fingerprint density at radius 3 is 2.61 bits per heavy atom. The third kappa shape index (κ3) is 3.76. The van der Waals surface area contributed by atoms with Gasteiger partial charge in [-0.3, -0.25) is 0 Å². The van der Waals surface area contributed by atoms with E-state index in [1.807, 2.05) is 30.0 Å². The molecule has 3 rings (SSSR count). The Hall–Kier alpha value is -1.79. The number of benzene rings is 1. The lowest BCUT2D eigenvalue weighted by Crippen LogP contribution is -2.43. The molecule has 1 N–H and O–H groups in total. The maximum absolute atomic E-state index is 12.5. The average Bonchev–Trinajstić information content (AvgIpc) is 3.10. The van der Waals surface area contributed by atoms with Crippen molar-refractivity contribution in [1.82, 2.24) is 4.90 Å². The van der Waals surface area contributed by atoms with E-state index < -0.39 is 0 Å². The monoisotopic (exact) mass is 320 g/mol. The van der Waals surface area contributed by atoms with Gasteiger partial charge in [0.2, 0.25) is 0 Å². The molecule has 2 aliphatic heterocycles. The van der Waals surface area contributed by atoms with Crippen molar-refractivity contribution in [2.75, 3.05) is 38.7 Å². The van der Waals surface area contributed by atoms with Crippen molar-refractivity contribution in [2.24, 2.45) is 5.92 Å². The summed E-state index contributed by atoms with van der Waals surface area (Å²) in [4.78, 5) is 14.3. The molecular weight excluding hydrogens is 296 g/mol. The molecule has 6 heteroatoms. The van der Waals surface area contributed by atoms with E-state index in [0.29, 0.717) is 43.7 Å². The zero-order chi connectivity index (χ0) is 16.2. The van der Waals surface area contributed by atoms with Gasteiger partial charge in [0, 0.05) is 19.0 Å². The van der Waals surface area contributed by atoms with E-state index in [1.165, 1.54) is 0 Å². The Labute approximate surface area is 136 Å². The van der Waals surface area contributed by atoms with Crippen molar-refractivity contribution in [3.05, 3.63) is 23.8 Å². The maximum Gasteiger partial charge on any atom is 0.321 e. The van der Waals surface area contributed by atoms with Gasteiger partial charge in [-0.2, -0.15) is 0 Å². The smallest absolute Gasteiger partial charge is 0.321 e. The van der Waals surface area contributed by atoms with E-state index in [-0.39, 0.29) is 12.3 Å². The van der Waals surface area contributed by atoms with Gasteiger partial charge in [0.1, 0.15) is 5.75 Å². The molecular formula is C17H24N2O4. The highest BCUT2D eigenvalue weighted by molar-refractivity contribution is 5.91. The van der Waals surface area contributed by atoms with E-state index >= 15 is 0 Å². The Morgan fingerprint density at radius 2 is 1.96 bits per heavy atom. The number of ether oxygens (including phenoxy) is 3. The number of hydrogen-bond acceptors (Lipinski definition) is 4. The quantitative estimate of drug-likeness (QED) is 0.930. The molecule has 2 aliphatic rings. The summed E-state index contributed by atoms with van der Waals surface area (Å²) in [5.74, 6) is 1.06. The first-order valence-electron chi connectivity index (χ1n) is 8.11. The zero-order valence-electron chi connectivity index (χ0n) is 13.7. The summed E-state index contributed by atoms with van der Waals surface area (Å²) in [5.41, 5.74) is 1.79. The predicted molar refractivity (Wildman–Crippen MR) is 86.7 cm³/mol. The molecule has 0 aliphatic carbocycles. The first-order valence-corrected chi connectivity index (χ1v) is 8.11. The molecule has 0 radical (unpaired) electrons. The maximum atomic E-state index is 12.5. The topological polar surface area (TPSA) is 60.0 Å². The Morgan fingerprint density at radius 1 is 1.26 bits per heavy atom. The van der Waals surface area contributed by atoms with E-state index in [2.05, 4.69) is 5.32 Å². The Balaban J connectivity index is 1.56. The van der Waals surface area contributed by atoms with Crippen LogP contribution in [0.15, 0.2) is 18.2 Å². The van der Waals surface area contributed by atoms with Crippen LogP contribution in [0.1, 0.15) is 18.4 Å². The number of likely N-dealkylation sites (tertiary alicyclic amines) is 1. The van der Waals surface area contributed by atoms with Gasteiger partial charge in [0.05, 0.1) is 26.0 Å². The number of urea groups is 1. The molecule has 0 aromatic heterocycles. The molecule has 0 unspecified atom stereocenters. The van der Waals surface area contributed by atoms with Crippen molar-refractivity contribution < 1.29 is 19.0 Å². The van der Waals surface area contributed by atoms with Crippen LogP contribution in [0.3, 0.4) is 0 Å². The van der Waals surface area contributed by atoms with Crippen molar-refractivity contribution in [1.29, 1.82) is 0 Å². The normalized spacial score (nSPS) is 19.8. The van der Waals surface area contributed by atoms with Gasteiger partial charge in [0.15, 0.2) is 6.29 Å². The number of anilines is 1. The second-order valence-electron chi connectivity index (χ2n) is 6.07. The first kappa shape index (κ1) is 16.1. The predicted octanol–water partition coefficient (Wildman–Crippen LogP) is 2.62. The van der Waals surface area contributed by atoms with Crippen LogP contribution in [-0.2, 0) is 9.47 Å². The highest BCUT2D eigenvalue weighted by atomic mass is 16.7. The number of aryl methyl sites for hydroxylation is 1. The summed E-state index contributed by atoms with van der Waals surface area (Å²) < 4.78 is 16.4. The largest absolute Gasteiger partial charge is 0.495 e. The summed E-state index contributed by atoms with van der Waals surface area (Å²) in [6.07, 6.45) is 1.73. The van der Waals surface area contributed by atoms with Crippen LogP contribution in [0.4, 0.5) is 10.5 Å². The van der Waals surface area contributed by atoms with Gasteiger partial charge in [-0.25, -0.2) is 4.79 Å². The number of hydrogen-bond donors (Lipinski definition) is 1. The minimum atomic E-state index is -0.0860. The number of methoxy groups -OCH3 is 1. The van der Waals surface area contributed by atoms with E-state index in [0.717, 1.165) is 18.4 Å². The third-order valence-corrected chi connectivity index (χ3v) is 4.46. The minimum Gasteiger partial charge on any atom is -0.495 e. The van der Waals surface area contributed by atoms with Crippen molar-refractivity contribution in [2.45, 2.75) is 26.1 Å². The van der Waals surface area contributed by atoms with Gasteiger partial charge in [-0.1, -0.05) is 6.07 Å².